The van der Waals surface area contributed by atoms with Crippen molar-refractivity contribution in [2.24, 2.45) is 0 Å². The van der Waals surface area contributed by atoms with Crippen LogP contribution in [0.15, 0.2) is 65.1 Å². The van der Waals surface area contributed by atoms with E-state index in [1.807, 2.05) is 6.07 Å². The van der Waals surface area contributed by atoms with Gasteiger partial charge in [0.05, 0.1) is 18.0 Å². The molecule has 0 bridgehead atoms. The van der Waals surface area contributed by atoms with Crippen molar-refractivity contribution in [1.82, 2.24) is 0 Å². The Morgan fingerprint density at radius 1 is 0.767 bits per heavy atom. The molecule has 2 aliphatic heterocycles. The minimum absolute atomic E-state index is 0.770. The zero-order chi connectivity index (χ0) is 20.1. The summed E-state index contributed by atoms with van der Waals surface area (Å²) < 4.78 is 12.8. The molecule has 1 aromatic heterocycles. The lowest BCUT2D eigenvalue weighted by Gasteiger charge is -2.32. The van der Waals surface area contributed by atoms with E-state index < -0.39 is 0 Å². The average molecular weight is 396 g/mol. The molecule has 0 radical (unpaired) electrons. The minimum Gasteiger partial charge on any atom is -0.491 e. The number of nitrogens with zero attached hydrogens (tertiary/aromatic N) is 1. The first kappa shape index (κ1) is 17.6. The third kappa shape index (κ3) is 2.65. The van der Waals surface area contributed by atoms with Crippen molar-refractivity contribution in [1.29, 1.82) is 0 Å². The fourth-order valence-corrected chi connectivity index (χ4v) is 5.04. The number of aryl methyl sites for hydroxylation is 3. The van der Waals surface area contributed by atoms with E-state index in [1.165, 1.54) is 33.3 Å². The van der Waals surface area contributed by atoms with Gasteiger partial charge in [0.1, 0.15) is 11.3 Å². The second kappa shape index (κ2) is 6.94. The largest absolute Gasteiger partial charge is 0.491 e. The van der Waals surface area contributed by atoms with E-state index in [2.05, 4.69) is 66.4 Å². The van der Waals surface area contributed by atoms with Crippen molar-refractivity contribution >= 4 is 28.2 Å². The smallest absolute Gasteiger partial charge is 0.209 e. The molecule has 6 rings (SSSR count). The summed E-state index contributed by atoms with van der Waals surface area (Å²) in [6.45, 7) is 2.96. The van der Waals surface area contributed by atoms with Gasteiger partial charge < -0.3 is 9.15 Å². The van der Waals surface area contributed by atoms with Crippen molar-refractivity contribution in [2.75, 3.05) is 11.5 Å². The minimum atomic E-state index is 0.770. The topological polar surface area (TPSA) is 25.6 Å². The molecule has 0 fully saturated rings. The molecule has 0 spiro atoms. The van der Waals surface area contributed by atoms with Gasteiger partial charge in [-0.25, -0.2) is 0 Å². The second-order valence-corrected chi connectivity index (χ2v) is 8.36. The number of anilines is 3. The maximum Gasteiger partial charge on any atom is 0.209 e. The number of para-hydroxylation sites is 2. The summed E-state index contributed by atoms with van der Waals surface area (Å²) in [5.74, 6) is 1.95. The molecular formula is C27H25NO2. The van der Waals surface area contributed by atoms with Gasteiger partial charge in [0.15, 0.2) is 0 Å². The van der Waals surface area contributed by atoms with Crippen LogP contribution in [0.5, 0.6) is 5.75 Å². The molecule has 0 amide bonds. The number of ether oxygens (including phenoxy) is 1. The van der Waals surface area contributed by atoms with Gasteiger partial charge in [-0.15, -0.1) is 0 Å². The van der Waals surface area contributed by atoms with Crippen LogP contribution in [0, 0.1) is 6.92 Å². The molecule has 0 aliphatic carbocycles. The Kier molecular flexibility index (Phi) is 4.08. The Labute approximate surface area is 176 Å². The molecule has 0 unspecified atom stereocenters. The van der Waals surface area contributed by atoms with E-state index >= 15 is 0 Å². The Morgan fingerprint density at radius 2 is 1.60 bits per heavy atom. The highest BCUT2D eigenvalue weighted by Crippen LogP contribution is 2.49. The SMILES string of the molecule is Cc1ccc(N2c3ccccc3CCCc3c2oc2ccccc32)c2c1CCCO2. The van der Waals surface area contributed by atoms with Gasteiger partial charge in [-0.2, -0.15) is 0 Å². The predicted octanol–water partition coefficient (Wildman–Crippen LogP) is 7.02. The van der Waals surface area contributed by atoms with Gasteiger partial charge in [0.2, 0.25) is 5.88 Å². The van der Waals surface area contributed by atoms with Crippen LogP contribution in [0.2, 0.25) is 0 Å². The first-order valence-corrected chi connectivity index (χ1v) is 10.9. The molecule has 150 valence electrons. The predicted molar refractivity (Wildman–Crippen MR) is 121 cm³/mol. The lowest BCUT2D eigenvalue weighted by molar-refractivity contribution is 0.289. The quantitative estimate of drug-likeness (QED) is 0.346. The molecule has 3 nitrogen and oxygen atoms in total. The maximum atomic E-state index is 6.54. The Hall–Kier alpha value is -3.20. The van der Waals surface area contributed by atoms with Gasteiger partial charge in [-0.05, 0) is 73.9 Å². The van der Waals surface area contributed by atoms with Crippen molar-refractivity contribution in [3.63, 3.8) is 0 Å². The third-order valence-electron chi connectivity index (χ3n) is 6.52. The van der Waals surface area contributed by atoms with E-state index in [-0.39, 0.29) is 0 Å². The summed E-state index contributed by atoms with van der Waals surface area (Å²) in [6.07, 6.45) is 5.32. The fraction of sp³-hybridized carbons (Fsp3) is 0.259. The van der Waals surface area contributed by atoms with Crippen LogP contribution in [0.25, 0.3) is 11.0 Å². The monoisotopic (exact) mass is 395 g/mol. The van der Waals surface area contributed by atoms with Crippen molar-refractivity contribution in [3.05, 3.63) is 82.9 Å². The first-order valence-electron chi connectivity index (χ1n) is 10.9. The molecule has 0 atom stereocenters. The fourth-order valence-electron chi connectivity index (χ4n) is 5.04. The van der Waals surface area contributed by atoms with Crippen LogP contribution < -0.4 is 9.64 Å². The number of benzene rings is 3. The van der Waals surface area contributed by atoms with Gasteiger partial charge in [0, 0.05) is 10.9 Å². The standard InChI is InChI=1S/C27H25NO2/c1-18-15-16-24(26-20(18)12-7-17-29-26)28-23-13-4-2-8-19(23)9-6-11-22-21-10-3-5-14-25(21)30-27(22)28/h2-5,8,10,13-16H,6-7,9,11-12,17H2,1H3. The van der Waals surface area contributed by atoms with Gasteiger partial charge in [-0.1, -0.05) is 42.5 Å². The number of hydrogen-bond acceptors (Lipinski definition) is 3. The Bertz CT molecular complexity index is 1250. The van der Waals surface area contributed by atoms with E-state index in [9.17, 15) is 0 Å². The number of fused-ring (bicyclic) bond motifs is 5. The molecule has 4 aromatic rings. The lowest BCUT2D eigenvalue weighted by atomic mass is 9.96. The van der Waals surface area contributed by atoms with Crippen LogP contribution in [-0.2, 0) is 19.3 Å². The second-order valence-electron chi connectivity index (χ2n) is 8.36. The molecule has 30 heavy (non-hydrogen) atoms. The zero-order valence-corrected chi connectivity index (χ0v) is 17.3. The normalized spacial score (nSPS) is 15.6. The van der Waals surface area contributed by atoms with E-state index in [0.29, 0.717) is 0 Å². The molecule has 3 aromatic carbocycles. The van der Waals surface area contributed by atoms with Gasteiger partial charge in [-0.3, -0.25) is 4.90 Å². The van der Waals surface area contributed by atoms with Crippen molar-refractivity contribution in [3.8, 4) is 5.75 Å². The highest BCUT2D eigenvalue weighted by Gasteiger charge is 2.30. The van der Waals surface area contributed by atoms with E-state index in [0.717, 1.165) is 61.6 Å². The van der Waals surface area contributed by atoms with Crippen molar-refractivity contribution in [2.45, 2.75) is 39.0 Å². The summed E-state index contributed by atoms with van der Waals surface area (Å²) in [7, 11) is 0. The summed E-state index contributed by atoms with van der Waals surface area (Å²) in [5, 5.41) is 1.22. The molecule has 3 heteroatoms. The first-order chi connectivity index (χ1) is 14.8. The van der Waals surface area contributed by atoms with Crippen LogP contribution in [0.4, 0.5) is 17.3 Å². The summed E-state index contributed by atoms with van der Waals surface area (Å²) >= 11 is 0. The van der Waals surface area contributed by atoms with E-state index in [4.69, 9.17) is 9.15 Å². The zero-order valence-electron chi connectivity index (χ0n) is 17.3. The Balaban J connectivity index is 1.67. The van der Waals surface area contributed by atoms with E-state index in [1.54, 1.807) is 0 Å². The number of rotatable bonds is 1. The lowest BCUT2D eigenvalue weighted by Crippen LogP contribution is -2.19. The third-order valence-corrected chi connectivity index (χ3v) is 6.52. The molecule has 3 heterocycles. The Morgan fingerprint density at radius 3 is 2.57 bits per heavy atom. The van der Waals surface area contributed by atoms with Crippen LogP contribution >= 0.6 is 0 Å². The maximum absolute atomic E-state index is 6.54. The molecule has 0 saturated carbocycles. The van der Waals surface area contributed by atoms with Crippen LogP contribution in [0.1, 0.15) is 35.1 Å². The molecule has 0 N–H and O–H groups in total. The molecule has 2 aliphatic rings. The number of furan rings is 1. The van der Waals surface area contributed by atoms with Crippen molar-refractivity contribution < 1.29 is 9.15 Å². The highest BCUT2D eigenvalue weighted by atomic mass is 16.5. The molecule has 0 saturated heterocycles. The molecular weight excluding hydrogens is 370 g/mol. The summed E-state index contributed by atoms with van der Waals surface area (Å²) in [5.41, 5.74) is 8.52. The van der Waals surface area contributed by atoms with Crippen LogP contribution in [-0.4, -0.2) is 6.61 Å². The van der Waals surface area contributed by atoms with Gasteiger partial charge >= 0.3 is 0 Å². The van der Waals surface area contributed by atoms with Crippen LogP contribution in [0.3, 0.4) is 0 Å². The number of hydrogen-bond donors (Lipinski definition) is 0. The average Bonchev–Trinajstić information content (AvgIpc) is 3.13. The van der Waals surface area contributed by atoms with Gasteiger partial charge in [0.25, 0.3) is 0 Å². The highest BCUT2D eigenvalue weighted by molar-refractivity contribution is 5.92. The summed E-state index contributed by atoms with van der Waals surface area (Å²) in [6, 6.07) is 21.6. The summed E-state index contributed by atoms with van der Waals surface area (Å²) in [4.78, 5) is 2.31.